The highest BCUT2D eigenvalue weighted by atomic mass is 16.5. The normalized spacial score (nSPS) is 17.0. The molecule has 3 aromatic rings. The standard InChI is InChI=1S/C24H26N2O2/c1-16-8-6-7-15-26(16)24(27)22-17(2)23(18-11-13-19(28-3)14-12-18)25-21-10-5-4-9-20(21)22/h4-5,9-14,16H,6-8,15H2,1-3H3. The summed E-state index contributed by atoms with van der Waals surface area (Å²) >= 11 is 0. The van der Waals surface area contributed by atoms with Gasteiger partial charge in [0.15, 0.2) is 0 Å². The van der Waals surface area contributed by atoms with Gasteiger partial charge >= 0.3 is 0 Å². The van der Waals surface area contributed by atoms with Crippen LogP contribution in [0.2, 0.25) is 0 Å². The van der Waals surface area contributed by atoms with Crippen molar-refractivity contribution in [2.45, 2.75) is 39.2 Å². The molecule has 28 heavy (non-hydrogen) atoms. The van der Waals surface area contributed by atoms with Crippen molar-refractivity contribution in [3.8, 4) is 17.0 Å². The highest BCUT2D eigenvalue weighted by molar-refractivity contribution is 6.09. The van der Waals surface area contributed by atoms with Crippen molar-refractivity contribution in [2.75, 3.05) is 13.7 Å². The molecular weight excluding hydrogens is 348 g/mol. The number of amides is 1. The van der Waals surface area contributed by atoms with Crippen molar-refractivity contribution in [1.82, 2.24) is 9.88 Å². The Morgan fingerprint density at radius 3 is 2.57 bits per heavy atom. The second-order valence-electron chi connectivity index (χ2n) is 7.55. The van der Waals surface area contributed by atoms with Crippen molar-refractivity contribution in [3.05, 3.63) is 59.7 Å². The molecule has 0 saturated carbocycles. The molecule has 4 nitrogen and oxygen atoms in total. The zero-order chi connectivity index (χ0) is 19.7. The summed E-state index contributed by atoms with van der Waals surface area (Å²) in [7, 11) is 1.66. The Morgan fingerprint density at radius 2 is 1.86 bits per heavy atom. The Hall–Kier alpha value is -2.88. The number of aromatic nitrogens is 1. The summed E-state index contributed by atoms with van der Waals surface area (Å²) in [5, 5.41) is 0.931. The number of nitrogens with zero attached hydrogens (tertiary/aromatic N) is 2. The van der Waals surface area contributed by atoms with E-state index in [9.17, 15) is 4.79 Å². The summed E-state index contributed by atoms with van der Waals surface area (Å²) in [6.07, 6.45) is 3.33. The monoisotopic (exact) mass is 374 g/mol. The number of para-hydroxylation sites is 1. The predicted octanol–water partition coefficient (Wildman–Crippen LogP) is 5.23. The lowest BCUT2D eigenvalue weighted by Gasteiger charge is -2.34. The lowest BCUT2D eigenvalue weighted by Crippen LogP contribution is -2.42. The van der Waals surface area contributed by atoms with Crippen LogP contribution in [0.15, 0.2) is 48.5 Å². The van der Waals surface area contributed by atoms with Gasteiger partial charge in [0, 0.05) is 23.5 Å². The van der Waals surface area contributed by atoms with E-state index in [2.05, 4.69) is 6.92 Å². The van der Waals surface area contributed by atoms with Gasteiger partial charge in [-0.25, -0.2) is 4.98 Å². The van der Waals surface area contributed by atoms with Crippen LogP contribution < -0.4 is 4.74 Å². The molecule has 1 aliphatic rings. The Balaban J connectivity index is 1.89. The lowest BCUT2D eigenvalue weighted by atomic mass is 9.95. The van der Waals surface area contributed by atoms with Crippen molar-refractivity contribution in [3.63, 3.8) is 0 Å². The van der Waals surface area contributed by atoms with Crippen LogP contribution >= 0.6 is 0 Å². The van der Waals surface area contributed by atoms with Gasteiger partial charge in [0.2, 0.25) is 0 Å². The molecule has 1 aromatic heterocycles. The fourth-order valence-electron chi connectivity index (χ4n) is 4.16. The van der Waals surface area contributed by atoms with E-state index in [4.69, 9.17) is 9.72 Å². The first kappa shape index (κ1) is 18.5. The minimum Gasteiger partial charge on any atom is -0.497 e. The van der Waals surface area contributed by atoms with Crippen molar-refractivity contribution in [1.29, 1.82) is 0 Å². The van der Waals surface area contributed by atoms with E-state index in [0.717, 1.165) is 58.4 Å². The van der Waals surface area contributed by atoms with Crippen LogP contribution in [-0.4, -0.2) is 35.5 Å². The molecule has 144 valence electrons. The van der Waals surface area contributed by atoms with Gasteiger partial charge in [0.05, 0.1) is 23.9 Å². The molecule has 0 N–H and O–H groups in total. The van der Waals surface area contributed by atoms with Crippen LogP contribution in [0.25, 0.3) is 22.2 Å². The van der Waals surface area contributed by atoms with E-state index in [-0.39, 0.29) is 11.9 Å². The quantitative estimate of drug-likeness (QED) is 0.630. The minimum absolute atomic E-state index is 0.123. The Morgan fingerprint density at radius 1 is 1.11 bits per heavy atom. The molecule has 1 aliphatic heterocycles. The molecule has 2 aromatic carbocycles. The van der Waals surface area contributed by atoms with Gasteiger partial charge in [-0.05, 0) is 69.0 Å². The number of likely N-dealkylation sites (tertiary alicyclic amines) is 1. The van der Waals surface area contributed by atoms with Crippen molar-refractivity contribution >= 4 is 16.8 Å². The maximum Gasteiger partial charge on any atom is 0.255 e. The van der Waals surface area contributed by atoms with Crippen LogP contribution in [0.5, 0.6) is 5.75 Å². The highest BCUT2D eigenvalue weighted by Gasteiger charge is 2.28. The number of carbonyl (C=O) groups excluding carboxylic acids is 1. The molecule has 0 radical (unpaired) electrons. The zero-order valence-corrected chi connectivity index (χ0v) is 16.7. The van der Waals surface area contributed by atoms with Crippen LogP contribution in [0.4, 0.5) is 0 Å². The van der Waals surface area contributed by atoms with E-state index in [1.54, 1.807) is 7.11 Å². The van der Waals surface area contributed by atoms with Gasteiger partial charge in [-0.3, -0.25) is 4.79 Å². The first-order chi connectivity index (χ1) is 13.6. The second kappa shape index (κ2) is 7.63. The largest absolute Gasteiger partial charge is 0.497 e. The number of hydrogen-bond acceptors (Lipinski definition) is 3. The average molecular weight is 374 g/mol. The third-order valence-electron chi connectivity index (χ3n) is 5.78. The van der Waals surface area contributed by atoms with Crippen LogP contribution in [0.1, 0.15) is 42.1 Å². The van der Waals surface area contributed by atoms with Crippen LogP contribution in [0.3, 0.4) is 0 Å². The molecule has 0 bridgehead atoms. The van der Waals surface area contributed by atoms with E-state index < -0.39 is 0 Å². The molecular formula is C24H26N2O2. The second-order valence-corrected chi connectivity index (χ2v) is 7.55. The number of benzene rings is 2. The number of methoxy groups -OCH3 is 1. The first-order valence-corrected chi connectivity index (χ1v) is 9.95. The molecule has 4 heteroatoms. The summed E-state index contributed by atoms with van der Waals surface area (Å²) in [6, 6.07) is 16.1. The van der Waals surface area contributed by atoms with Crippen LogP contribution in [-0.2, 0) is 0 Å². The third-order valence-corrected chi connectivity index (χ3v) is 5.78. The number of rotatable bonds is 3. The number of fused-ring (bicyclic) bond motifs is 1. The molecule has 1 saturated heterocycles. The van der Waals surface area contributed by atoms with E-state index in [1.807, 2.05) is 60.4 Å². The maximum atomic E-state index is 13.6. The summed E-state index contributed by atoms with van der Waals surface area (Å²) in [5.41, 5.74) is 4.42. The van der Waals surface area contributed by atoms with Crippen molar-refractivity contribution < 1.29 is 9.53 Å². The maximum absolute atomic E-state index is 13.6. The van der Waals surface area contributed by atoms with E-state index >= 15 is 0 Å². The Kier molecular flexibility index (Phi) is 5.03. The summed E-state index contributed by atoms with van der Waals surface area (Å²) in [4.78, 5) is 20.5. The van der Waals surface area contributed by atoms with Gasteiger partial charge in [0.25, 0.3) is 5.91 Å². The topological polar surface area (TPSA) is 42.4 Å². The Labute approximate surface area is 166 Å². The molecule has 1 unspecified atom stereocenters. The van der Waals surface area contributed by atoms with Crippen molar-refractivity contribution in [2.24, 2.45) is 0 Å². The molecule has 1 atom stereocenters. The molecule has 4 rings (SSSR count). The third kappa shape index (κ3) is 3.24. The number of piperidine rings is 1. The van der Waals surface area contributed by atoms with Gasteiger partial charge < -0.3 is 9.64 Å². The predicted molar refractivity (Wildman–Crippen MR) is 113 cm³/mol. The zero-order valence-electron chi connectivity index (χ0n) is 16.7. The summed E-state index contributed by atoms with van der Waals surface area (Å²) < 4.78 is 5.28. The van der Waals surface area contributed by atoms with E-state index in [1.165, 1.54) is 6.42 Å². The van der Waals surface area contributed by atoms with Gasteiger partial charge in [-0.15, -0.1) is 0 Å². The Bertz CT molecular complexity index is 1010. The first-order valence-electron chi connectivity index (χ1n) is 9.95. The van der Waals surface area contributed by atoms with Gasteiger partial charge in [0.1, 0.15) is 5.75 Å². The summed E-state index contributed by atoms with van der Waals surface area (Å²) in [6.45, 7) is 5.00. The number of ether oxygens (including phenoxy) is 1. The molecule has 0 spiro atoms. The van der Waals surface area contributed by atoms with Crippen LogP contribution in [0, 0.1) is 6.92 Å². The fraction of sp³-hybridized carbons (Fsp3) is 0.333. The number of pyridine rings is 1. The number of carbonyl (C=O) groups is 1. The number of hydrogen-bond donors (Lipinski definition) is 0. The molecule has 2 heterocycles. The smallest absolute Gasteiger partial charge is 0.255 e. The molecule has 1 amide bonds. The minimum atomic E-state index is 0.123. The van der Waals surface area contributed by atoms with Gasteiger partial charge in [-0.1, -0.05) is 18.2 Å². The molecule has 1 fully saturated rings. The fourth-order valence-corrected chi connectivity index (χ4v) is 4.16. The molecule has 0 aliphatic carbocycles. The van der Waals surface area contributed by atoms with E-state index in [0.29, 0.717) is 0 Å². The highest BCUT2D eigenvalue weighted by Crippen LogP contribution is 2.32. The SMILES string of the molecule is COc1ccc(-c2nc3ccccc3c(C(=O)N3CCCCC3C)c2C)cc1. The summed E-state index contributed by atoms with van der Waals surface area (Å²) in [5.74, 6) is 0.929. The van der Waals surface area contributed by atoms with Gasteiger partial charge in [-0.2, -0.15) is 0 Å². The average Bonchev–Trinajstić information content (AvgIpc) is 2.73. The lowest BCUT2D eigenvalue weighted by molar-refractivity contribution is 0.0637.